The number of halogens is 1. The van der Waals surface area contributed by atoms with E-state index in [0.717, 1.165) is 0 Å². The van der Waals surface area contributed by atoms with Gasteiger partial charge in [-0.1, -0.05) is 13.8 Å². The molecular weight excluding hydrogens is 249 g/mol. The van der Waals surface area contributed by atoms with Crippen LogP contribution in [0.3, 0.4) is 0 Å². The maximum absolute atomic E-state index is 12.8. The molecule has 1 atom stereocenters. The minimum atomic E-state index is -1.04. The topological polar surface area (TPSA) is 66.4 Å². The van der Waals surface area contributed by atoms with Crippen LogP contribution in [0, 0.1) is 11.7 Å². The summed E-state index contributed by atoms with van der Waals surface area (Å²) in [6.45, 7) is 4.48. The zero-order valence-electron chi connectivity index (χ0n) is 11.0. The fourth-order valence-electron chi connectivity index (χ4n) is 1.63. The Kier molecular flexibility index (Phi) is 5.63. The van der Waals surface area contributed by atoms with Gasteiger partial charge < -0.3 is 10.4 Å². The van der Waals surface area contributed by atoms with E-state index in [2.05, 4.69) is 5.32 Å². The van der Waals surface area contributed by atoms with E-state index in [4.69, 9.17) is 5.11 Å². The third-order valence-electron chi connectivity index (χ3n) is 2.60. The molecule has 0 heterocycles. The summed E-state index contributed by atoms with van der Waals surface area (Å²) in [7, 11) is 0. The molecular formula is C14H18FNO3. The standard InChI is InChI=1S/C14H18FNO3/c1-9(2)8-16-12(7-13(17)18)14(19)10-3-5-11(15)6-4-10/h3-6,9,12,16H,7-8H2,1-2H3,(H,17,18). The monoisotopic (exact) mass is 267 g/mol. The van der Waals surface area contributed by atoms with Gasteiger partial charge in [0, 0.05) is 5.56 Å². The maximum Gasteiger partial charge on any atom is 0.305 e. The summed E-state index contributed by atoms with van der Waals surface area (Å²) in [6, 6.07) is 4.32. The lowest BCUT2D eigenvalue weighted by Crippen LogP contribution is -2.40. The van der Waals surface area contributed by atoms with E-state index >= 15 is 0 Å². The van der Waals surface area contributed by atoms with E-state index < -0.39 is 17.8 Å². The number of aliphatic carboxylic acids is 1. The zero-order chi connectivity index (χ0) is 14.4. The van der Waals surface area contributed by atoms with Crippen molar-refractivity contribution in [3.8, 4) is 0 Å². The van der Waals surface area contributed by atoms with Gasteiger partial charge in [0.15, 0.2) is 5.78 Å². The van der Waals surface area contributed by atoms with E-state index in [9.17, 15) is 14.0 Å². The molecule has 2 N–H and O–H groups in total. The fourth-order valence-corrected chi connectivity index (χ4v) is 1.63. The first-order chi connectivity index (χ1) is 8.90. The van der Waals surface area contributed by atoms with Gasteiger partial charge in [-0.25, -0.2) is 4.39 Å². The first kappa shape index (κ1) is 15.3. The van der Waals surface area contributed by atoms with Crippen molar-refractivity contribution in [2.75, 3.05) is 6.54 Å². The Morgan fingerprint density at radius 2 is 1.84 bits per heavy atom. The van der Waals surface area contributed by atoms with Crippen molar-refractivity contribution >= 4 is 11.8 Å². The van der Waals surface area contributed by atoms with Crippen LogP contribution in [-0.4, -0.2) is 29.4 Å². The lowest BCUT2D eigenvalue weighted by atomic mass is 10.0. The van der Waals surface area contributed by atoms with Crippen LogP contribution >= 0.6 is 0 Å². The summed E-state index contributed by atoms with van der Waals surface area (Å²) in [5, 5.41) is 11.8. The number of carbonyl (C=O) groups excluding carboxylic acids is 1. The summed E-state index contributed by atoms with van der Waals surface area (Å²) >= 11 is 0. The minimum absolute atomic E-state index is 0.289. The maximum atomic E-state index is 12.8. The van der Waals surface area contributed by atoms with E-state index in [0.29, 0.717) is 18.0 Å². The van der Waals surface area contributed by atoms with Gasteiger partial charge in [0.25, 0.3) is 0 Å². The molecule has 0 aliphatic rings. The smallest absolute Gasteiger partial charge is 0.305 e. The van der Waals surface area contributed by atoms with Gasteiger partial charge in [0.1, 0.15) is 5.82 Å². The molecule has 1 aromatic rings. The Hall–Kier alpha value is -1.75. The lowest BCUT2D eigenvalue weighted by Gasteiger charge is -2.17. The largest absolute Gasteiger partial charge is 0.481 e. The van der Waals surface area contributed by atoms with Crippen LogP contribution in [0.5, 0.6) is 0 Å². The number of ketones is 1. The Labute approximate surface area is 111 Å². The summed E-state index contributed by atoms with van der Waals surface area (Å²) in [5.41, 5.74) is 0.309. The molecule has 0 amide bonds. The number of hydrogen-bond acceptors (Lipinski definition) is 3. The second-order valence-corrected chi connectivity index (χ2v) is 4.82. The Morgan fingerprint density at radius 1 is 1.26 bits per heavy atom. The van der Waals surface area contributed by atoms with Gasteiger partial charge in [0.05, 0.1) is 12.5 Å². The van der Waals surface area contributed by atoms with Gasteiger partial charge in [-0.2, -0.15) is 0 Å². The Balaban J connectivity index is 2.80. The number of carbonyl (C=O) groups is 2. The zero-order valence-corrected chi connectivity index (χ0v) is 11.0. The van der Waals surface area contributed by atoms with Gasteiger partial charge in [-0.05, 0) is 36.7 Å². The Morgan fingerprint density at radius 3 is 2.32 bits per heavy atom. The molecule has 5 heteroatoms. The number of carboxylic acids is 1. The van der Waals surface area contributed by atoms with E-state index in [1.165, 1.54) is 24.3 Å². The average molecular weight is 267 g/mol. The van der Waals surface area contributed by atoms with Crippen LogP contribution in [-0.2, 0) is 4.79 Å². The number of nitrogens with one attached hydrogen (secondary N) is 1. The molecule has 0 saturated carbocycles. The first-order valence-electron chi connectivity index (χ1n) is 6.15. The van der Waals surface area contributed by atoms with Crippen LogP contribution in [0.1, 0.15) is 30.6 Å². The molecule has 0 bridgehead atoms. The highest BCUT2D eigenvalue weighted by molar-refractivity contribution is 6.01. The van der Waals surface area contributed by atoms with Crippen molar-refractivity contribution in [1.82, 2.24) is 5.32 Å². The second-order valence-electron chi connectivity index (χ2n) is 4.82. The summed E-state index contributed by atoms with van der Waals surface area (Å²) < 4.78 is 12.8. The minimum Gasteiger partial charge on any atom is -0.481 e. The molecule has 0 aliphatic carbocycles. The molecule has 19 heavy (non-hydrogen) atoms. The van der Waals surface area contributed by atoms with Crippen molar-refractivity contribution in [2.24, 2.45) is 5.92 Å². The van der Waals surface area contributed by atoms with Crippen LogP contribution in [0.15, 0.2) is 24.3 Å². The van der Waals surface area contributed by atoms with E-state index in [1.54, 1.807) is 0 Å². The van der Waals surface area contributed by atoms with Crippen LogP contribution in [0.2, 0.25) is 0 Å². The molecule has 0 spiro atoms. The quantitative estimate of drug-likeness (QED) is 0.742. The predicted octanol–water partition coefficient (Wildman–Crippen LogP) is 2.10. The molecule has 104 valence electrons. The second kappa shape index (κ2) is 6.99. The van der Waals surface area contributed by atoms with Gasteiger partial charge in [-0.3, -0.25) is 9.59 Å². The number of hydrogen-bond donors (Lipinski definition) is 2. The summed E-state index contributed by atoms with van der Waals surface area (Å²) in [5.74, 6) is -1.50. The molecule has 0 aliphatic heterocycles. The number of carboxylic acid groups (broad SMARTS) is 1. The van der Waals surface area contributed by atoms with Crippen molar-refractivity contribution in [3.63, 3.8) is 0 Å². The molecule has 1 unspecified atom stereocenters. The van der Waals surface area contributed by atoms with Gasteiger partial charge in [0.2, 0.25) is 0 Å². The fraction of sp³-hybridized carbons (Fsp3) is 0.429. The number of benzene rings is 1. The highest BCUT2D eigenvalue weighted by Gasteiger charge is 2.22. The van der Waals surface area contributed by atoms with E-state index in [-0.39, 0.29) is 12.2 Å². The molecule has 0 saturated heterocycles. The number of Topliss-reactive ketones (excluding diaryl/α,β-unsaturated/α-hetero) is 1. The lowest BCUT2D eigenvalue weighted by molar-refractivity contribution is -0.137. The van der Waals surface area contributed by atoms with Crippen molar-refractivity contribution in [2.45, 2.75) is 26.3 Å². The normalized spacial score (nSPS) is 12.4. The van der Waals surface area contributed by atoms with Crippen LogP contribution in [0.25, 0.3) is 0 Å². The highest BCUT2D eigenvalue weighted by Crippen LogP contribution is 2.09. The average Bonchev–Trinajstić information content (AvgIpc) is 2.34. The Bertz CT molecular complexity index is 443. The van der Waals surface area contributed by atoms with Crippen LogP contribution < -0.4 is 5.32 Å². The van der Waals surface area contributed by atoms with E-state index in [1.807, 2.05) is 13.8 Å². The third-order valence-corrected chi connectivity index (χ3v) is 2.60. The van der Waals surface area contributed by atoms with Crippen molar-refractivity contribution < 1.29 is 19.1 Å². The molecule has 1 aromatic carbocycles. The highest BCUT2D eigenvalue weighted by atomic mass is 19.1. The van der Waals surface area contributed by atoms with Crippen LogP contribution in [0.4, 0.5) is 4.39 Å². The molecule has 0 radical (unpaired) electrons. The van der Waals surface area contributed by atoms with Crippen molar-refractivity contribution in [3.05, 3.63) is 35.6 Å². The molecule has 4 nitrogen and oxygen atoms in total. The molecule has 0 fully saturated rings. The third kappa shape index (κ3) is 5.18. The van der Waals surface area contributed by atoms with Gasteiger partial charge >= 0.3 is 5.97 Å². The molecule has 1 rings (SSSR count). The number of rotatable bonds is 7. The van der Waals surface area contributed by atoms with Gasteiger partial charge in [-0.15, -0.1) is 0 Å². The first-order valence-corrected chi connectivity index (χ1v) is 6.15. The van der Waals surface area contributed by atoms with Crippen molar-refractivity contribution in [1.29, 1.82) is 0 Å². The SMILES string of the molecule is CC(C)CNC(CC(=O)O)C(=O)c1ccc(F)cc1. The molecule has 0 aromatic heterocycles. The predicted molar refractivity (Wildman–Crippen MR) is 69.6 cm³/mol. The summed E-state index contributed by atoms with van der Waals surface area (Å²) in [4.78, 5) is 22.9. The summed E-state index contributed by atoms with van der Waals surface area (Å²) in [6.07, 6.45) is -0.289.